The molecule has 0 saturated heterocycles. The summed E-state index contributed by atoms with van der Waals surface area (Å²) in [6.07, 6.45) is 2.43. The van der Waals surface area contributed by atoms with E-state index < -0.39 is 0 Å². The number of carbonyl (C=O) groups is 1. The highest BCUT2D eigenvalue weighted by atomic mass is 16.5. The Hall–Kier alpha value is -3.08. The molecule has 0 aliphatic carbocycles. The summed E-state index contributed by atoms with van der Waals surface area (Å²) in [4.78, 5) is 24.4. The monoisotopic (exact) mass is 364 g/mol. The van der Waals surface area contributed by atoms with E-state index in [4.69, 9.17) is 4.74 Å². The molecule has 1 heterocycles. The molecule has 3 rings (SSSR count). The zero-order valence-corrected chi connectivity index (χ0v) is 15.9. The van der Waals surface area contributed by atoms with E-state index in [2.05, 4.69) is 12.0 Å². The van der Waals surface area contributed by atoms with Gasteiger partial charge >= 0.3 is 5.97 Å². The number of methoxy groups -OCH3 is 1. The van der Waals surface area contributed by atoms with Gasteiger partial charge in [-0.2, -0.15) is 0 Å². The van der Waals surface area contributed by atoms with Gasteiger partial charge in [0.1, 0.15) is 0 Å². The fraction of sp³-hybridized carbons (Fsp3) is 0.273. The van der Waals surface area contributed by atoms with Crippen molar-refractivity contribution in [3.05, 3.63) is 81.3 Å². The topological polar surface area (TPSA) is 64.1 Å². The second kappa shape index (κ2) is 8.08. The smallest absolute Gasteiger partial charge is 0.338 e. The molecule has 27 heavy (non-hydrogen) atoms. The second-order valence-electron chi connectivity index (χ2n) is 6.59. The molecule has 1 N–H and O–H groups in total. The summed E-state index contributed by atoms with van der Waals surface area (Å²) >= 11 is 0. The van der Waals surface area contributed by atoms with Crippen molar-refractivity contribution in [2.75, 3.05) is 7.11 Å². The molecule has 0 unspecified atom stereocenters. The van der Waals surface area contributed by atoms with E-state index in [1.807, 2.05) is 42.5 Å². The van der Waals surface area contributed by atoms with E-state index in [1.54, 1.807) is 17.8 Å². The largest absolute Gasteiger partial charge is 0.465 e. The van der Waals surface area contributed by atoms with E-state index in [9.17, 15) is 9.59 Å². The highest BCUT2D eigenvalue weighted by Crippen LogP contribution is 2.25. The SMILES string of the molecule is CCCc1[nH]n(C)c(=O)c1Cc1ccc(-c2ccccc2C(=O)OC)cc1. The zero-order chi connectivity index (χ0) is 19.4. The summed E-state index contributed by atoms with van der Waals surface area (Å²) in [7, 11) is 3.13. The summed E-state index contributed by atoms with van der Waals surface area (Å²) in [6, 6.07) is 15.4. The van der Waals surface area contributed by atoms with Crippen LogP contribution in [0.25, 0.3) is 11.1 Å². The van der Waals surface area contributed by atoms with Crippen LogP contribution in [0, 0.1) is 0 Å². The van der Waals surface area contributed by atoms with Crippen molar-refractivity contribution in [3.8, 4) is 11.1 Å². The molecular formula is C22H24N2O3. The minimum atomic E-state index is -0.352. The number of aryl methyl sites for hydroxylation is 2. The zero-order valence-electron chi connectivity index (χ0n) is 15.9. The third kappa shape index (κ3) is 3.87. The molecule has 0 fully saturated rings. The Morgan fingerprint density at radius 2 is 1.81 bits per heavy atom. The standard InChI is InChI=1S/C22H24N2O3/c1-4-7-20-19(21(25)24(2)23-20)14-15-10-12-16(13-11-15)17-8-5-6-9-18(17)22(26)27-3/h5-6,8-13,23H,4,7,14H2,1-3H3. The van der Waals surface area contributed by atoms with Crippen LogP contribution in [-0.2, 0) is 24.6 Å². The molecule has 5 heteroatoms. The normalized spacial score (nSPS) is 10.8. The van der Waals surface area contributed by atoms with Gasteiger partial charge in [0.25, 0.3) is 5.56 Å². The molecule has 0 spiro atoms. The number of rotatable bonds is 6. The number of hydrogen-bond acceptors (Lipinski definition) is 3. The molecule has 0 amide bonds. The lowest BCUT2D eigenvalue weighted by molar-refractivity contribution is 0.0601. The molecule has 0 aliphatic rings. The molecule has 2 aromatic carbocycles. The van der Waals surface area contributed by atoms with Crippen LogP contribution in [0.3, 0.4) is 0 Å². The number of H-pyrrole nitrogens is 1. The molecular weight excluding hydrogens is 340 g/mol. The Bertz CT molecular complexity index is 997. The number of aromatic nitrogens is 2. The molecule has 0 saturated carbocycles. The van der Waals surface area contributed by atoms with Gasteiger partial charge in [-0.3, -0.25) is 14.6 Å². The van der Waals surface area contributed by atoms with Crippen LogP contribution in [0.15, 0.2) is 53.3 Å². The number of nitrogens with zero attached hydrogens (tertiary/aromatic N) is 1. The first kappa shape index (κ1) is 18.7. The van der Waals surface area contributed by atoms with E-state index >= 15 is 0 Å². The maximum atomic E-state index is 12.4. The Labute approximate surface area is 158 Å². The van der Waals surface area contributed by atoms with Crippen molar-refractivity contribution < 1.29 is 9.53 Å². The number of ether oxygens (including phenoxy) is 1. The average Bonchev–Trinajstić information content (AvgIpc) is 2.96. The van der Waals surface area contributed by atoms with E-state index in [0.29, 0.717) is 12.0 Å². The van der Waals surface area contributed by atoms with Gasteiger partial charge in [0, 0.05) is 24.7 Å². The van der Waals surface area contributed by atoms with E-state index in [1.165, 1.54) is 7.11 Å². The van der Waals surface area contributed by atoms with Crippen LogP contribution < -0.4 is 5.56 Å². The molecule has 0 atom stereocenters. The van der Waals surface area contributed by atoms with Crippen LogP contribution in [0.5, 0.6) is 0 Å². The van der Waals surface area contributed by atoms with Gasteiger partial charge in [0.2, 0.25) is 0 Å². The lowest BCUT2D eigenvalue weighted by Gasteiger charge is -2.09. The predicted molar refractivity (Wildman–Crippen MR) is 106 cm³/mol. The van der Waals surface area contributed by atoms with Gasteiger partial charge in [-0.15, -0.1) is 0 Å². The van der Waals surface area contributed by atoms with Gasteiger partial charge < -0.3 is 4.74 Å². The first-order valence-corrected chi connectivity index (χ1v) is 9.08. The minimum absolute atomic E-state index is 0.0264. The van der Waals surface area contributed by atoms with Crippen molar-refractivity contribution in [3.63, 3.8) is 0 Å². The van der Waals surface area contributed by atoms with Crippen LogP contribution in [0.1, 0.15) is 40.5 Å². The first-order valence-electron chi connectivity index (χ1n) is 9.08. The average molecular weight is 364 g/mol. The molecule has 0 aliphatic heterocycles. The third-order valence-corrected chi connectivity index (χ3v) is 4.71. The van der Waals surface area contributed by atoms with Gasteiger partial charge in [-0.05, 0) is 29.2 Å². The Morgan fingerprint density at radius 3 is 2.48 bits per heavy atom. The molecule has 3 aromatic rings. The third-order valence-electron chi connectivity index (χ3n) is 4.71. The summed E-state index contributed by atoms with van der Waals surface area (Å²) in [5.74, 6) is -0.352. The highest BCUT2D eigenvalue weighted by molar-refractivity contribution is 5.97. The molecule has 0 bridgehead atoms. The fourth-order valence-corrected chi connectivity index (χ4v) is 3.32. The van der Waals surface area contributed by atoms with Crippen LogP contribution in [0.2, 0.25) is 0 Å². The second-order valence-corrected chi connectivity index (χ2v) is 6.59. The Morgan fingerprint density at radius 1 is 1.11 bits per heavy atom. The summed E-state index contributed by atoms with van der Waals surface area (Å²) in [6.45, 7) is 2.10. The fourth-order valence-electron chi connectivity index (χ4n) is 3.32. The maximum Gasteiger partial charge on any atom is 0.338 e. The Balaban J connectivity index is 1.90. The molecule has 5 nitrogen and oxygen atoms in total. The van der Waals surface area contributed by atoms with Crippen LogP contribution >= 0.6 is 0 Å². The van der Waals surface area contributed by atoms with Gasteiger partial charge in [-0.25, -0.2) is 4.79 Å². The van der Waals surface area contributed by atoms with Gasteiger partial charge in [-0.1, -0.05) is 55.8 Å². The number of carbonyl (C=O) groups excluding carboxylic acids is 1. The number of hydrogen-bond donors (Lipinski definition) is 1. The van der Waals surface area contributed by atoms with Crippen LogP contribution in [0.4, 0.5) is 0 Å². The van der Waals surface area contributed by atoms with E-state index in [0.717, 1.165) is 40.8 Å². The number of nitrogens with one attached hydrogen (secondary N) is 1. The maximum absolute atomic E-state index is 12.4. The Kier molecular flexibility index (Phi) is 5.60. The van der Waals surface area contributed by atoms with Crippen molar-refractivity contribution in [1.82, 2.24) is 9.78 Å². The van der Waals surface area contributed by atoms with Gasteiger partial charge in [0.15, 0.2) is 0 Å². The van der Waals surface area contributed by atoms with Crippen LogP contribution in [-0.4, -0.2) is 22.9 Å². The van der Waals surface area contributed by atoms with Gasteiger partial charge in [0.05, 0.1) is 12.7 Å². The van der Waals surface area contributed by atoms with Crippen molar-refractivity contribution >= 4 is 5.97 Å². The first-order chi connectivity index (χ1) is 13.0. The van der Waals surface area contributed by atoms with Crippen molar-refractivity contribution in [2.24, 2.45) is 7.05 Å². The van der Waals surface area contributed by atoms with E-state index in [-0.39, 0.29) is 11.5 Å². The summed E-state index contributed by atoms with van der Waals surface area (Å²) < 4.78 is 6.42. The number of aromatic amines is 1. The molecule has 1 aromatic heterocycles. The summed E-state index contributed by atoms with van der Waals surface area (Å²) in [5.41, 5.74) is 5.22. The number of benzene rings is 2. The van der Waals surface area contributed by atoms with Crippen molar-refractivity contribution in [2.45, 2.75) is 26.2 Å². The molecule has 140 valence electrons. The quantitative estimate of drug-likeness (QED) is 0.678. The lowest BCUT2D eigenvalue weighted by Crippen LogP contribution is -2.15. The summed E-state index contributed by atoms with van der Waals surface area (Å²) in [5, 5.41) is 3.15. The highest BCUT2D eigenvalue weighted by Gasteiger charge is 2.14. The molecule has 0 radical (unpaired) electrons. The lowest BCUT2D eigenvalue weighted by atomic mass is 9.97. The predicted octanol–water partition coefficient (Wildman–Crippen LogP) is 3.71. The number of esters is 1. The van der Waals surface area contributed by atoms with Crippen molar-refractivity contribution in [1.29, 1.82) is 0 Å². The minimum Gasteiger partial charge on any atom is -0.465 e.